The van der Waals surface area contributed by atoms with Crippen LogP contribution in [0.2, 0.25) is 0 Å². The highest BCUT2D eigenvalue weighted by Crippen LogP contribution is 2.45. The van der Waals surface area contributed by atoms with E-state index in [9.17, 15) is 4.11 Å². The first-order valence-electron chi connectivity index (χ1n) is 20.6. The first-order chi connectivity index (χ1) is 27.2. The van der Waals surface area contributed by atoms with Crippen LogP contribution in [0.25, 0.3) is 87.6 Å². The molecule has 8 aromatic carbocycles. The third-order valence-corrected chi connectivity index (χ3v) is 7.76. The van der Waals surface area contributed by atoms with Crippen molar-refractivity contribution in [2.45, 2.75) is 0 Å². The summed E-state index contributed by atoms with van der Waals surface area (Å²) in [4.78, 5) is 0. The normalized spacial score (nSPS) is 16.3. The Hall–Kier alpha value is -5.66. The zero-order valence-corrected chi connectivity index (χ0v) is 22.3. The van der Waals surface area contributed by atoms with E-state index >= 15 is 0 Å². The lowest BCUT2D eigenvalue weighted by Gasteiger charge is -2.18. The maximum Gasteiger partial charge on any atom is 0.136 e. The monoisotopic (exact) mass is 560 g/mol. The number of hydrogen-bond acceptors (Lipinski definition) is 1. The van der Waals surface area contributed by atoms with Gasteiger partial charge >= 0.3 is 0 Å². The maximum absolute atomic E-state index is 9.70. The second kappa shape index (κ2) is 9.44. The van der Waals surface area contributed by atoms with Crippen molar-refractivity contribution in [3.63, 3.8) is 0 Å². The minimum absolute atomic E-state index is 0.0302. The molecule has 0 amide bonds. The van der Waals surface area contributed by atoms with Crippen LogP contribution in [-0.2, 0) is 0 Å². The molecule has 1 aromatic heterocycles. The molecule has 0 unspecified atom stereocenters. The fourth-order valence-corrected chi connectivity index (χ4v) is 5.92. The summed E-state index contributed by atoms with van der Waals surface area (Å²) < 4.78 is 128. The fourth-order valence-electron chi connectivity index (χ4n) is 5.92. The quantitative estimate of drug-likeness (QED) is 0.196. The van der Waals surface area contributed by atoms with Gasteiger partial charge in [0, 0.05) is 10.8 Å². The minimum atomic E-state index is -0.578. The molecule has 9 rings (SSSR count). The third kappa shape index (κ3) is 3.79. The standard InChI is InChI=1S/C42H26O/c1-2-11-27(12-3-1)28-15-10-16-31(23-28)41-33-17-6-8-19-35(33)42(36-20-9-7-18-34(36)41)32-21-22-39-37(25-32)38-24-29-13-4-5-14-30(29)26-40(38)43-39/h1-26H/i1D,2D,3D,4D,5D,11D,12D,13D,14D,21D,22D,24D,25D,26D. The zero-order chi connectivity index (χ0) is 40.5. The van der Waals surface area contributed by atoms with Gasteiger partial charge in [0.1, 0.15) is 11.2 Å². The number of fused-ring (bicyclic) bond motifs is 6. The lowest BCUT2D eigenvalue weighted by Crippen LogP contribution is -1.91. The van der Waals surface area contributed by atoms with Gasteiger partial charge in [-0.15, -0.1) is 0 Å². The molecule has 0 spiro atoms. The smallest absolute Gasteiger partial charge is 0.136 e. The Kier molecular flexibility index (Phi) is 3.07. The van der Waals surface area contributed by atoms with Gasteiger partial charge in [0.25, 0.3) is 0 Å². The number of benzene rings is 8. The highest BCUT2D eigenvalue weighted by molar-refractivity contribution is 6.22. The van der Waals surface area contributed by atoms with Gasteiger partial charge in [-0.05, 0) is 95.9 Å². The molecule has 0 saturated carbocycles. The molecule has 0 atom stereocenters. The van der Waals surface area contributed by atoms with E-state index in [1.807, 2.05) is 54.6 Å². The Morgan fingerprint density at radius 2 is 0.977 bits per heavy atom. The van der Waals surface area contributed by atoms with E-state index in [-0.39, 0.29) is 74.0 Å². The second-order valence-corrected chi connectivity index (χ2v) is 10.2. The van der Waals surface area contributed by atoms with Gasteiger partial charge in [0.15, 0.2) is 0 Å². The van der Waals surface area contributed by atoms with Crippen LogP contribution in [0.5, 0.6) is 0 Å². The largest absolute Gasteiger partial charge is 0.456 e. The lowest BCUT2D eigenvalue weighted by atomic mass is 9.85. The van der Waals surface area contributed by atoms with Gasteiger partial charge in [-0.2, -0.15) is 0 Å². The number of hydrogen-bond donors (Lipinski definition) is 0. The van der Waals surface area contributed by atoms with Crippen LogP contribution in [0.1, 0.15) is 19.2 Å². The Labute approximate surface area is 268 Å². The van der Waals surface area contributed by atoms with Crippen molar-refractivity contribution in [3.05, 3.63) is 157 Å². The molecule has 1 heteroatoms. The van der Waals surface area contributed by atoms with Gasteiger partial charge in [-0.1, -0.05) is 127 Å². The summed E-state index contributed by atoms with van der Waals surface area (Å²) in [5.74, 6) is 0. The van der Waals surface area contributed by atoms with Crippen LogP contribution in [0.15, 0.2) is 162 Å². The molecule has 1 nitrogen and oxygen atoms in total. The van der Waals surface area contributed by atoms with Crippen LogP contribution in [0, 0.1) is 0 Å². The lowest BCUT2D eigenvalue weighted by molar-refractivity contribution is 0.669. The number of rotatable bonds is 3. The summed E-state index contributed by atoms with van der Waals surface area (Å²) in [5, 5.41) is 2.09. The molecule has 0 aliphatic heterocycles. The minimum Gasteiger partial charge on any atom is -0.456 e. The van der Waals surface area contributed by atoms with Crippen LogP contribution >= 0.6 is 0 Å². The molecule has 0 N–H and O–H groups in total. The van der Waals surface area contributed by atoms with Crippen molar-refractivity contribution in [1.29, 1.82) is 0 Å². The van der Waals surface area contributed by atoms with E-state index in [4.69, 9.17) is 19.5 Å². The Morgan fingerprint density at radius 1 is 0.395 bits per heavy atom. The van der Waals surface area contributed by atoms with Crippen molar-refractivity contribution in [1.82, 2.24) is 0 Å². The highest BCUT2D eigenvalue weighted by atomic mass is 16.3. The molecular formula is C42H26O. The fraction of sp³-hybridized carbons (Fsp3) is 0. The van der Waals surface area contributed by atoms with Crippen LogP contribution in [0.3, 0.4) is 0 Å². The van der Waals surface area contributed by atoms with Crippen molar-refractivity contribution in [2.24, 2.45) is 0 Å². The topological polar surface area (TPSA) is 13.1 Å². The summed E-state index contributed by atoms with van der Waals surface area (Å²) in [6, 6.07) is 15.8. The van der Waals surface area contributed by atoms with Crippen molar-refractivity contribution in [2.75, 3.05) is 0 Å². The molecular weight excluding hydrogens is 520 g/mol. The van der Waals surface area contributed by atoms with Crippen LogP contribution < -0.4 is 0 Å². The van der Waals surface area contributed by atoms with Crippen LogP contribution in [-0.4, -0.2) is 0 Å². The molecule has 0 bridgehead atoms. The summed E-state index contributed by atoms with van der Waals surface area (Å²) in [6.45, 7) is 0. The molecule has 0 aliphatic rings. The molecule has 1 heterocycles. The maximum atomic E-state index is 9.70. The molecule has 0 radical (unpaired) electrons. The van der Waals surface area contributed by atoms with E-state index in [1.165, 1.54) is 0 Å². The van der Waals surface area contributed by atoms with E-state index in [2.05, 4.69) is 0 Å². The molecule has 9 aromatic rings. The SMILES string of the molecule is [2H]c1c([2H])c([2H])c(-c2cccc(-c3c4ccccc4c(-c4c([2H])c([2H])c5oc6c([2H])c7c([2H])c([2H])c([2H])c([2H])c7c([2H])c6c5c4[2H])c4ccccc34)c2)c([2H])c1[2H]. The Morgan fingerprint density at radius 3 is 1.67 bits per heavy atom. The molecule has 0 saturated heterocycles. The molecule has 200 valence electrons. The Balaban J connectivity index is 1.39. The zero-order valence-electron chi connectivity index (χ0n) is 36.3. The van der Waals surface area contributed by atoms with Crippen molar-refractivity contribution < 1.29 is 23.6 Å². The molecule has 43 heavy (non-hydrogen) atoms. The van der Waals surface area contributed by atoms with Gasteiger partial charge in [0.2, 0.25) is 0 Å². The first-order valence-corrected chi connectivity index (χ1v) is 13.6. The number of furan rings is 1. The third-order valence-electron chi connectivity index (χ3n) is 7.76. The predicted octanol–water partition coefficient (Wildman–Crippen LogP) is 12.0. The van der Waals surface area contributed by atoms with Gasteiger partial charge in [0.05, 0.1) is 19.2 Å². The van der Waals surface area contributed by atoms with Gasteiger partial charge < -0.3 is 4.42 Å². The van der Waals surface area contributed by atoms with Crippen molar-refractivity contribution in [3.8, 4) is 33.4 Å². The van der Waals surface area contributed by atoms with E-state index in [0.717, 1.165) is 5.56 Å². The summed E-state index contributed by atoms with van der Waals surface area (Å²) >= 11 is 0. The van der Waals surface area contributed by atoms with E-state index in [0.29, 0.717) is 38.2 Å². The summed E-state index contributed by atoms with van der Waals surface area (Å²) in [7, 11) is 0. The molecule has 0 fully saturated rings. The molecule has 0 aliphatic carbocycles. The average molecular weight is 561 g/mol. The summed E-state index contributed by atoms with van der Waals surface area (Å²) in [6.07, 6.45) is 0. The second-order valence-electron chi connectivity index (χ2n) is 10.2. The van der Waals surface area contributed by atoms with E-state index < -0.39 is 54.4 Å². The summed E-state index contributed by atoms with van der Waals surface area (Å²) in [5.41, 5.74) is 1.95. The predicted molar refractivity (Wildman–Crippen MR) is 183 cm³/mol. The average Bonchev–Trinajstić information content (AvgIpc) is 3.63. The van der Waals surface area contributed by atoms with Crippen LogP contribution in [0.4, 0.5) is 0 Å². The van der Waals surface area contributed by atoms with Gasteiger partial charge in [-0.3, -0.25) is 0 Å². The highest BCUT2D eigenvalue weighted by Gasteiger charge is 2.18. The van der Waals surface area contributed by atoms with E-state index in [1.54, 1.807) is 18.2 Å². The van der Waals surface area contributed by atoms with Crippen molar-refractivity contribution >= 4 is 54.3 Å². The first kappa shape index (κ1) is 14.0. The van der Waals surface area contributed by atoms with Gasteiger partial charge in [-0.25, -0.2) is 0 Å². The Bertz CT molecular complexity index is 3210.